The van der Waals surface area contributed by atoms with Gasteiger partial charge in [0.25, 0.3) is 5.91 Å². The molecule has 3 nitrogen and oxygen atoms in total. The molecule has 112 valence electrons. The molecule has 0 heterocycles. The van der Waals surface area contributed by atoms with Crippen molar-refractivity contribution in [2.45, 2.75) is 26.7 Å². The average Bonchev–Trinajstić information content (AvgIpc) is 2.45. The van der Waals surface area contributed by atoms with Gasteiger partial charge in [-0.05, 0) is 50.7 Å². The predicted octanol–water partition coefficient (Wildman–Crippen LogP) is 2.82. The summed E-state index contributed by atoms with van der Waals surface area (Å²) in [5, 5.41) is 2.71. The molecule has 0 bridgehead atoms. The summed E-state index contributed by atoms with van der Waals surface area (Å²) < 4.78 is 25.7. The lowest BCUT2D eigenvalue weighted by molar-refractivity contribution is 0.0952. The zero-order valence-corrected chi connectivity index (χ0v) is 12.1. The minimum Gasteiger partial charge on any atom is -0.352 e. The predicted molar refractivity (Wildman–Crippen MR) is 75.7 cm³/mol. The monoisotopic (exact) mass is 284 g/mol. The molecule has 0 fully saturated rings. The summed E-state index contributed by atoms with van der Waals surface area (Å²) >= 11 is 0. The largest absolute Gasteiger partial charge is 0.352 e. The number of amides is 1. The van der Waals surface area contributed by atoms with E-state index in [4.69, 9.17) is 0 Å². The van der Waals surface area contributed by atoms with Crippen LogP contribution in [0.2, 0.25) is 0 Å². The zero-order valence-electron chi connectivity index (χ0n) is 12.1. The standard InChI is InChI=1S/C15H22F2N2O/c1-3-19(4-2)10-6-5-9-18-15(20)12-7-8-13(16)14(17)11-12/h7-8,11H,3-6,9-10H2,1-2H3,(H,18,20). The highest BCUT2D eigenvalue weighted by Gasteiger charge is 2.09. The molecule has 5 heteroatoms. The Labute approximate surface area is 119 Å². The van der Waals surface area contributed by atoms with Gasteiger partial charge < -0.3 is 10.2 Å². The minimum absolute atomic E-state index is 0.146. The van der Waals surface area contributed by atoms with Gasteiger partial charge in [0.2, 0.25) is 0 Å². The molecule has 0 radical (unpaired) electrons. The molecule has 0 atom stereocenters. The number of carbonyl (C=O) groups excluding carboxylic acids is 1. The number of benzene rings is 1. The van der Waals surface area contributed by atoms with Gasteiger partial charge in [-0.3, -0.25) is 4.79 Å². The Kier molecular flexibility index (Phi) is 7.15. The second kappa shape index (κ2) is 8.64. The van der Waals surface area contributed by atoms with Crippen LogP contribution in [-0.2, 0) is 0 Å². The Morgan fingerprint density at radius 2 is 1.85 bits per heavy atom. The first-order valence-electron chi connectivity index (χ1n) is 7.04. The van der Waals surface area contributed by atoms with Gasteiger partial charge in [0, 0.05) is 12.1 Å². The van der Waals surface area contributed by atoms with Crippen LogP contribution in [0.4, 0.5) is 8.78 Å². The van der Waals surface area contributed by atoms with Crippen LogP contribution in [0.15, 0.2) is 18.2 Å². The number of hydrogen-bond donors (Lipinski definition) is 1. The maximum Gasteiger partial charge on any atom is 0.251 e. The number of nitrogens with zero attached hydrogens (tertiary/aromatic N) is 1. The zero-order chi connectivity index (χ0) is 15.0. The highest BCUT2D eigenvalue weighted by molar-refractivity contribution is 5.94. The van der Waals surface area contributed by atoms with Crippen molar-refractivity contribution in [2.75, 3.05) is 26.2 Å². The van der Waals surface area contributed by atoms with Crippen molar-refractivity contribution in [3.8, 4) is 0 Å². The van der Waals surface area contributed by atoms with Gasteiger partial charge in [-0.2, -0.15) is 0 Å². The van der Waals surface area contributed by atoms with Crippen molar-refractivity contribution in [3.63, 3.8) is 0 Å². The van der Waals surface area contributed by atoms with Crippen LogP contribution in [0.25, 0.3) is 0 Å². The number of unbranched alkanes of at least 4 members (excludes halogenated alkanes) is 1. The van der Waals surface area contributed by atoms with E-state index in [9.17, 15) is 13.6 Å². The lowest BCUT2D eigenvalue weighted by Gasteiger charge is -2.17. The first-order valence-corrected chi connectivity index (χ1v) is 7.04. The Balaban J connectivity index is 2.28. The van der Waals surface area contributed by atoms with E-state index in [2.05, 4.69) is 24.1 Å². The smallest absolute Gasteiger partial charge is 0.251 e. The number of carbonyl (C=O) groups is 1. The van der Waals surface area contributed by atoms with Crippen LogP contribution in [-0.4, -0.2) is 37.0 Å². The molecule has 1 amide bonds. The van der Waals surface area contributed by atoms with E-state index >= 15 is 0 Å². The Morgan fingerprint density at radius 1 is 1.15 bits per heavy atom. The summed E-state index contributed by atoms with van der Waals surface area (Å²) in [6.45, 7) is 7.84. The molecule has 0 saturated carbocycles. The molecule has 0 unspecified atom stereocenters. The molecule has 1 rings (SSSR count). The van der Waals surface area contributed by atoms with E-state index in [0.29, 0.717) is 6.54 Å². The van der Waals surface area contributed by atoms with Gasteiger partial charge in [-0.15, -0.1) is 0 Å². The van der Waals surface area contributed by atoms with E-state index in [1.165, 1.54) is 6.07 Å². The molecular weight excluding hydrogens is 262 g/mol. The highest BCUT2D eigenvalue weighted by Crippen LogP contribution is 2.08. The van der Waals surface area contributed by atoms with Gasteiger partial charge in [-0.1, -0.05) is 13.8 Å². The molecule has 0 aliphatic rings. The van der Waals surface area contributed by atoms with Gasteiger partial charge in [0.05, 0.1) is 0 Å². The lowest BCUT2D eigenvalue weighted by atomic mass is 10.2. The van der Waals surface area contributed by atoms with E-state index in [-0.39, 0.29) is 11.5 Å². The van der Waals surface area contributed by atoms with Gasteiger partial charge in [0.15, 0.2) is 11.6 Å². The third-order valence-electron chi connectivity index (χ3n) is 3.26. The number of nitrogens with one attached hydrogen (secondary N) is 1. The normalized spacial score (nSPS) is 10.8. The average molecular weight is 284 g/mol. The maximum absolute atomic E-state index is 13.0. The third kappa shape index (κ3) is 5.25. The van der Waals surface area contributed by atoms with Crippen molar-refractivity contribution in [1.29, 1.82) is 0 Å². The van der Waals surface area contributed by atoms with Crippen molar-refractivity contribution in [2.24, 2.45) is 0 Å². The Bertz CT molecular complexity index is 434. The quantitative estimate of drug-likeness (QED) is 0.745. The molecule has 0 saturated heterocycles. The Morgan fingerprint density at radius 3 is 2.45 bits per heavy atom. The maximum atomic E-state index is 13.0. The minimum atomic E-state index is -1.00. The summed E-state index contributed by atoms with van der Waals surface area (Å²) in [7, 11) is 0. The molecule has 0 aliphatic carbocycles. The summed E-state index contributed by atoms with van der Waals surface area (Å²) in [4.78, 5) is 14.0. The summed E-state index contributed by atoms with van der Waals surface area (Å²) in [5.74, 6) is -2.31. The van der Waals surface area contributed by atoms with Crippen molar-refractivity contribution in [3.05, 3.63) is 35.4 Å². The second-order valence-corrected chi connectivity index (χ2v) is 4.62. The van der Waals surface area contributed by atoms with E-state index < -0.39 is 11.6 Å². The topological polar surface area (TPSA) is 32.3 Å². The molecule has 1 aromatic carbocycles. The fourth-order valence-corrected chi connectivity index (χ4v) is 1.94. The molecule has 1 N–H and O–H groups in total. The molecule has 0 aliphatic heterocycles. The number of hydrogen-bond acceptors (Lipinski definition) is 2. The van der Waals surface area contributed by atoms with E-state index in [1.54, 1.807) is 0 Å². The van der Waals surface area contributed by atoms with E-state index in [1.807, 2.05) is 0 Å². The van der Waals surface area contributed by atoms with Gasteiger partial charge in [0.1, 0.15) is 0 Å². The van der Waals surface area contributed by atoms with Crippen LogP contribution in [0.1, 0.15) is 37.0 Å². The molecule has 0 aromatic heterocycles. The molecule has 0 spiro atoms. The van der Waals surface area contributed by atoms with Crippen LogP contribution >= 0.6 is 0 Å². The fraction of sp³-hybridized carbons (Fsp3) is 0.533. The molecule has 1 aromatic rings. The van der Waals surface area contributed by atoms with E-state index in [0.717, 1.165) is 44.6 Å². The summed E-state index contributed by atoms with van der Waals surface area (Å²) in [5.41, 5.74) is 0.146. The third-order valence-corrected chi connectivity index (χ3v) is 3.26. The fourth-order valence-electron chi connectivity index (χ4n) is 1.94. The van der Waals surface area contributed by atoms with Crippen LogP contribution in [0, 0.1) is 11.6 Å². The van der Waals surface area contributed by atoms with Crippen LogP contribution in [0.5, 0.6) is 0 Å². The number of halogens is 2. The van der Waals surface area contributed by atoms with Crippen LogP contribution in [0.3, 0.4) is 0 Å². The first-order chi connectivity index (χ1) is 9.58. The second-order valence-electron chi connectivity index (χ2n) is 4.62. The molecular formula is C15H22F2N2O. The molecule has 20 heavy (non-hydrogen) atoms. The van der Waals surface area contributed by atoms with Gasteiger partial charge >= 0.3 is 0 Å². The highest BCUT2D eigenvalue weighted by atomic mass is 19.2. The Hall–Kier alpha value is -1.49. The number of rotatable bonds is 8. The lowest BCUT2D eigenvalue weighted by Crippen LogP contribution is -2.27. The SMILES string of the molecule is CCN(CC)CCCCNC(=O)c1ccc(F)c(F)c1. The van der Waals surface area contributed by atoms with Crippen LogP contribution < -0.4 is 5.32 Å². The first kappa shape index (κ1) is 16.6. The summed E-state index contributed by atoms with van der Waals surface area (Å²) in [6, 6.07) is 3.16. The summed E-state index contributed by atoms with van der Waals surface area (Å²) in [6.07, 6.45) is 1.87. The van der Waals surface area contributed by atoms with Crippen molar-refractivity contribution in [1.82, 2.24) is 10.2 Å². The van der Waals surface area contributed by atoms with Gasteiger partial charge in [-0.25, -0.2) is 8.78 Å². The van der Waals surface area contributed by atoms with Crippen molar-refractivity contribution < 1.29 is 13.6 Å². The van der Waals surface area contributed by atoms with Crippen molar-refractivity contribution >= 4 is 5.91 Å².